The molecule has 1 saturated heterocycles. The Morgan fingerprint density at radius 1 is 0.950 bits per heavy atom. The van der Waals surface area contributed by atoms with Crippen molar-refractivity contribution in [3.63, 3.8) is 0 Å². The van der Waals surface area contributed by atoms with Gasteiger partial charge in [-0.25, -0.2) is 0 Å². The molecule has 1 aliphatic rings. The molecule has 0 saturated carbocycles. The van der Waals surface area contributed by atoms with Crippen LogP contribution >= 0.6 is 0 Å². The van der Waals surface area contributed by atoms with Gasteiger partial charge in [0.1, 0.15) is 0 Å². The number of rotatable bonds is 3. The Morgan fingerprint density at radius 2 is 1.40 bits per heavy atom. The summed E-state index contributed by atoms with van der Waals surface area (Å²) >= 11 is 0. The van der Waals surface area contributed by atoms with E-state index in [4.69, 9.17) is 23.1 Å². The molecule has 0 aromatic carbocycles. The molecule has 20 heavy (non-hydrogen) atoms. The van der Waals surface area contributed by atoms with Crippen molar-refractivity contribution in [2.75, 3.05) is 0 Å². The molecule has 1 N–H and O–H groups in total. The summed E-state index contributed by atoms with van der Waals surface area (Å²) in [6.45, 7) is -0.744. The van der Waals surface area contributed by atoms with Crippen LogP contribution < -0.4 is 0 Å². The molecule has 1 heterocycles. The second-order valence-electron chi connectivity index (χ2n) is 4.10. The van der Waals surface area contributed by atoms with Crippen LogP contribution in [0.4, 0.5) is 0 Å². The lowest BCUT2D eigenvalue weighted by Crippen LogP contribution is -2.60. The van der Waals surface area contributed by atoms with Crippen LogP contribution in [0.1, 0.15) is 31.7 Å². The van der Waals surface area contributed by atoms with Gasteiger partial charge in [-0.05, 0) is 6.92 Å². The summed E-state index contributed by atoms with van der Waals surface area (Å²) in [5, 5.41) is 9.87. The van der Waals surface area contributed by atoms with E-state index >= 15 is 0 Å². The number of aliphatic hydroxyl groups is 1. The lowest BCUT2D eigenvalue weighted by molar-refractivity contribution is -0.288. The molecule has 0 aliphatic carbocycles. The molecule has 8 heteroatoms. The quantitative estimate of drug-likeness (QED) is 0.549. The second kappa shape index (κ2) is 6.67. The minimum Gasteiger partial charge on any atom is -0.456 e. The largest absolute Gasteiger partial charge is 0.456 e. The van der Waals surface area contributed by atoms with Crippen LogP contribution in [0.5, 0.6) is 0 Å². The fourth-order valence-electron chi connectivity index (χ4n) is 1.87. The molecule has 1 fully saturated rings. The van der Waals surface area contributed by atoms with Gasteiger partial charge in [0.05, 0.1) is 6.10 Å². The molecular weight excluding hydrogens is 272 g/mol. The molecule has 1 aliphatic heterocycles. The second-order valence-corrected chi connectivity index (χ2v) is 4.10. The first-order valence-corrected chi connectivity index (χ1v) is 5.63. The van der Waals surface area contributed by atoms with Gasteiger partial charge in [-0.1, -0.05) is 0 Å². The average Bonchev–Trinajstić information content (AvgIpc) is 2.53. The van der Waals surface area contributed by atoms with Crippen LogP contribution in [0.2, 0.25) is 0 Å². The minimum atomic E-state index is -1.67. The molecule has 0 aromatic rings. The van der Waals surface area contributed by atoms with Crippen LogP contribution in [-0.4, -0.2) is 53.7 Å². The Morgan fingerprint density at radius 3 is 1.90 bits per heavy atom. The molecule has 114 valence electrons. The zero-order chi connectivity index (χ0) is 17.6. The van der Waals surface area contributed by atoms with E-state index in [1.54, 1.807) is 0 Å². The van der Waals surface area contributed by atoms with Gasteiger partial charge in [-0.15, -0.1) is 0 Å². The maximum atomic E-state index is 11.4. The highest BCUT2D eigenvalue weighted by Crippen LogP contribution is 2.27. The Bertz CT molecular complexity index is 416. The number of hydrogen-bond acceptors (Lipinski definition) is 8. The van der Waals surface area contributed by atoms with Crippen molar-refractivity contribution < 1.29 is 42.5 Å². The van der Waals surface area contributed by atoms with Gasteiger partial charge in [-0.2, -0.15) is 0 Å². The molecule has 1 unspecified atom stereocenters. The molecule has 8 nitrogen and oxygen atoms in total. The first-order chi connectivity index (χ1) is 10.8. The van der Waals surface area contributed by atoms with Crippen molar-refractivity contribution in [2.24, 2.45) is 0 Å². The molecule has 5 atom stereocenters. The fourth-order valence-corrected chi connectivity index (χ4v) is 1.87. The molecule has 0 bridgehead atoms. The third-order valence-corrected chi connectivity index (χ3v) is 2.55. The van der Waals surface area contributed by atoms with Crippen LogP contribution in [0, 0.1) is 0 Å². The van der Waals surface area contributed by atoms with Crippen molar-refractivity contribution >= 4 is 17.9 Å². The Kier molecular flexibility index (Phi) is 4.03. The summed E-state index contributed by atoms with van der Waals surface area (Å²) in [7, 11) is 0. The Labute approximate surface area is 120 Å². The molecule has 1 rings (SSSR count). The number of hydrogen-bond donors (Lipinski definition) is 1. The smallest absolute Gasteiger partial charge is 0.303 e. The summed E-state index contributed by atoms with van der Waals surface area (Å²) in [4.78, 5) is 34.1. The average molecular weight is 293 g/mol. The summed E-state index contributed by atoms with van der Waals surface area (Å²) in [5.74, 6) is -2.93. The fraction of sp³-hybridized carbons (Fsp3) is 0.750. The van der Waals surface area contributed by atoms with E-state index in [9.17, 15) is 19.5 Å². The van der Waals surface area contributed by atoms with Crippen LogP contribution in [0.15, 0.2) is 0 Å². The van der Waals surface area contributed by atoms with E-state index < -0.39 is 69.3 Å². The maximum Gasteiger partial charge on any atom is 0.303 e. The van der Waals surface area contributed by atoms with Gasteiger partial charge >= 0.3 is 17.9 Å². The first kappa shape index (κ1) is 12.1. The maximum absolute atomic E-state index is 11.4. The third kappa shape index (κ3) is 4.17. The van der Waals surface area contributed by atoms with Crippen LogP contribution in [0.3, 0.4) is 0 Å². The molecule has 0 spiro atoms. The number of esters is 3. The van der Waals surface area contributed by atoms with Gasteiger partial charge in [0.2, 0.25) is 0 Å². The van der Waals surface area contributed by atoms with Crippen LogP contribution in [0.25, 0.3) is 0 Å². The van der Waals surface area contributed by atoms with Gasteiger partial charge in [0.25, 0.3) is 0 Å². The topological polar surface area (TPSA) is 108 Å². The predicted octanol–water partition coefficient (Wildman–Crippen LogP) is -0.481. The zero-order valence-electron chi connectivity index (χ0n) is 13.8. The summed E-state index contributed by atoms with van der Waals surface area (Å²) in [5.41, 5.74) is 0. The zero-order valence-corrected chi connectivity index (χ0v) is 10.8. The summed E-state index contributed by atoms with van der Waals surface area (Å²) in [6.07, 6.45) is -6.78. The Balaban J connectivity index is 3.04. The van der Waals surface area contributed by atoms with E-state index in [0.717, 1.165) is 0 Å². The SMILES string of the molecule is [2H]CC(=O)O[C@@H]1[C@H](OC(=O)C[2H])[C@H](C)OC(O)[C@H]1OC(=O)C[2H]. The van der Waals surface area contributed by atoms with E-state index in [1.807, 2.05) is 0 Å². The van der Waals surface area contributed by atoms with Gasteiger partial charge < -0.3 is 24.1 Å². The number of carbonyl (C=O) groups excluding carboxylic acids is 3. The van der Waals surface area contributed by atoms with Gasteiger partial charge in [-0.3, -0.25) is 14.4 Å². The standard InChI is InChI=1S/C12H18O8/c1-5-9(18-6(2)13)10(19-7(3)14)11(12(16)17-5)20-8(4)15/h5,9-12,16H,1-4H3/t5-,9+,10+,11-,12?/m0/s1/i2D,3D,4D. The van der Waals surface area contributed by atoms with Gasteiger partial charge in [0.15, 0.2) is 24.6 Å². The van der Waals surface area contributed by atoms with Crippen molar-refractivity contribution in [2.45, 2.75) is 58.3 Å². The minimum absolute atomic E-state index is 0.692. The highest BCUT2D eigenvalue weighted by Gasteiger charge is 2.49. The lowest BCUT2D eigenvalue weighted by atomic mass is 9.99. The number of aliphatic hydroxyl groups excluding tert-OH is 1. The van der Waals surface area contributed by atoms with E-state index in [-0.39, 0.29) is 0 Å². The lowest BCUT2D eigenvalue weighted by Gasteiger charge is -2.41. The van der Waals surface area contributed by atoms with Crippen molar-refractivity contribution in [3.8, 4) is 0 Å². The van der Waals surface area contributed by atoms with Crippen LogP contribution in [-0.2, 0) is 33.3 Å². The van der Waals surface area contributed by atoms with Gasteiger partial charge in [0, 0.05) is 24.8 Å². The molecule has 0 amide bonds. The number of ether oxygens (including phenoxy) is 4. The highest BCUT2D eigenvalue weighted by molar-refractivity contribution is 5.68. The molecule has 0 radical (unpaired) electrons. The van der Waals surface area contributed by atoms with E-state index in [1.165, 1.54) is 6.92 Å². The first-order valence-electron chi connectivity index (χ1n) is 7.75. The Hall–Kier alpha value is -1.67. The number of carbonyl (C=O) groups is 3. The predicted molar refractivity (Wildman–Crippen MR) is 63.2 cm³/mol. The molecule has 0 aromatic heterocycles. The van der Waals surface area contributed by atoms with Crippen molar-refractivity contribution in [1.82, 2.24) is 0 Å². The third-order valence-electron chi connectivity index (χ3n) is 2.55. The molecular formula is C12H18O8. The highest BCUT2D eigenvalue weighted by atomic mass is 16.7. The van der Waals surface area contributed by atoms with E-state index in [0.29, 0.717) is 0 Å². The van der Waals surface area contributed by atoms with Crippen molar-refractivity contribution in [1.29, 1.82) is 0 Å². The summed E-state index contributed by atoms with van der Waals surface area (Å²) < 4.78 is 40.7. The summed E-state index contributed by atoms with van der Waals surface area (Å²) in [6, 6.07) is 0. The van der Waals surface area contributed by atoms with E-state index in [2.05, 4.69) is 0 Å². The monoisotopic (exact) mass is 293 g/mol. The van der Waals surface area contributed by atoms with Crippen molar-refractivity contribution in [3.05, 3.63) is 0 Å². The normalized spacial score (nSPS) is 35.1.